The molecule has 3 N–H and O–H groups in total. The van der Waals surface area contributed by atoms with Gasteiger partial charge in [0.05, 0.1) is 5.69 Å². The van der Waals surface area contributed by atoms with Crippen LogP contribution >= 0.6 is 24.0 Å². The van der Waals surface area contributed by atoms with Crippen LogP contribution in [0, 0.1) is 0 Å². The first-order chi connectivity index (χ1) is 8.08. The number of phenolic OH excluding ortho intramolecular Hbond substituents is 1. The third kappa shape index (κ3) is 2.60. The van der Waals surface area contributed by atoms with Gasteiger partial charge in [0.2, 0.25) is 5.37 Å². The molecular formula is C9H8N4O2S2. The molecule has 1 aliphatic heterocycles. The van der Waals surface area contributed by atoms with Crippen LogP contribution in [-0.4, -0.2) is 25.7 Å². The van der Waals surface area contributed by atoms with E-state index in [9.17, 15) is 4.79 Å². The second-order valence-corrected chi connectivity index (χ2v) is 4.89. The van der Waals surface area contributed by atoms with Crippen molar-refractivity contribution in [1.29, 1.82) is 0 Å². The first-order valence-electron chi connectivity index (χ1n) is 4.57. The Morgan fingerprint density at radius 1 is 1.41 bits per heavy atom. The third-order valence-electron chi connectivity index (χ3n) is 1.99. The molecule has 0 bridgehead atoms. The number of hydrogen-bond donors (Lipinski definition) is 2. The molecule has 0 radical (unpaired) electrons. The summed E-state index contributed by atoms with van der Waals surface area (Å²) in [5, 5.41) is 17.0. The quantitative estimate of drug-likeness (QED) is 0.367. The zero-order valence-electron chi connectivity index (χ0n) is 8.48. The molecule has 1 fully saturated rings. The minimum Gasteiger partial charge on any atom is -0.508 e. The van der Waals surface area contributed by atoms with Gasteiger partial charge in [-0.25, -0.2) is 10.9 Å². The monoisotopic (exact) mass is 268 g/mol. The average molecular weight is 268 g/mol. The number of carbonyl (C=O) groups is 1. The van der Waals surface area contributed by atoms with Crippen LogP contribution in [0.2, 0.25) is 0 Å². The first-order valence-corrected chi connectivity index (χ1v) is 5.86. The smallest absolute Gasteiger partial charge is 0.279 e. The van der Waals surface area contributed by atoms with Gasteiger partial charge in [0.25, 0.3) is 5.91 Å². The van der Waals surface area contributed by atoms with Crippen LogP contribution in [0.4, 0.5) is 5.69 Å². The van der Waals surface area contributed by atoms with E-state index in [1.807, 2.05) is 0 Å². The standard InChI is InChI=1S/C9H8N4O2S2/c10-13-8(15)7(17-9(13)16)12-11-5-1-3-6(14)4-2-5/h1-4,7,14H,10H2. The number of hydrogen-bond acceptors (Lipinski definition) is 7. The number of thiocarbonyl (C=S) groups is 1. The predicted octanol–water partition coefficient (Wildman–Crippen LogP) is 1.54. The van der Waals surface area contributed by atoms with Crippen molar-refractivity contribution in [1.82, 2.24) is 5.01 Å². The Bertz CT molecular complexity index is 488. The van der Waals surface area contributed by atoms with Crippen molar-refractivity contribution in [3.63, 3.8) is 0 Å². The fourth-order valence-corrected chi connectivity index (χ4v) is 2.19. The van der Waals surface area contributed by atoms with E-state index in [1.54, 1.807) is 12.1 Å². The summed E-state index contributed by atoms with van der Waals surface area (Å²) in [6, 6.07) is 6.14. The summed E-state index contributed by atoms with van der Waals surface area (Å²) in [6.07, 6.45) is 0. The van der Waals surface area contributed by atoms with Crippen molar-refractivity contribution in [2.75, 3.05) is 0 Å². The van der Waals surface area contributed by atoms with Crippen LogP contribution in [0.3, 0.4) is 0 Å². The lowest BCUT2D eigenvalue weighted by Crippen LogP contribution is -2.36. The number of phenols is 1. The number of amides is 1. The van der Waals surface area contributed by atoms with E-state index < -0.39 is 5.37 Å². The fourth-order valence-electron chi connectivity index (χ4n) is 1.12. The summed E-state index contributed by atoms with van der Waals surface area (Å²) in [5.41, 5.74) is 0.539. The lowest BCUT2D eigenvalue weighted by molar-refractivity contribution is -0.126. The Kier molecular flexibility index (Phi) is 3.36. The molecular weight excluding hydrogens is 260 g/mol. The van der Waals surface area contributed by atoms with E-state index >= 15 is 0 Å². The molecule has 1 aromatic rings. The van der Waals surface area contributed by atoms with E-state index in [1.165, 1.54) is 12.1 Å². The van der Waals surface area contributed by atoms with Crippen molar-refractivity contribution >= 4 is 39.9 Å². The van der Waals surface area contributed by atoms with E-state index in [4.69, 9.17) is 23.2 Å². The highest BCUT2D eigenvalue weighted by Crippen LogP contribution is 2.27. The normalized spacial score (nSPS) is 20.5. The summed E-state index contributed by atoms with van der Waals surface area (Å²) in [7, 11) is 0. The molecule has 1 unspecified atom stereocenters. The summed E-state index contributed by atoms with van der Waals surface area (Å²) in [5.74, 6) is 5.14. The van der Waals surface area contributed by atoms with Gasteiger partial charge in [-0.2, -0.15) is 10.2 Å². The van der Waals surface area contributed by atoms with Crippen LogP contribution in [0.1, 0.15) is 0 Å². The third-order valence-corrected chi connectivity index (χ3v) is 3.39. The molecule has 2 rings (SSSR count). The van der Waals surface area contributed by atoms with Crippen LogP contribution in [0.25, 0.3) is 0 Å². The van der Waals surface area contributed by atoms with Crippen molar-refractivity contribution in [2.24, 2.45) is 16.1 Å². The van der Waals surface area contributed by atoms with Gasteiger partial charge < -0.3 is 5.11 Å². The molecule has 0 saturated carbocycles. The maximum Gasteiger partial charge on any atom is 0.279 e. The number of hydrazine groups is 1. The first kappa shape index (κ1) is 12.0. The number of rotatable bonds is 2. The summed E-state index contributed by atoms with van der Waals surface area (Å²) in [6.45, 7) is 0. The number of azo groups is 1. The molecule has 0 spiro atoms. The van der Waals surface area contributed by atoms with Gasteiger partial charge in [0.1, 0.15) is 5.75 Å². The van der Waals surface area contributed by atoms with Gasteiger partial charge >= 0.3 is 0 Å². The molecule has 0 aliphatic carbocycles. The highest BCUT2D eigenvalue weighted by atomic mass is 32.2. The average Bonchev–Trinajstić information content (AvgIpc) is 2.56. The van der Waals surface area contributed by atoms with Gasteiger partial charge in [0.15, 0.2) is 4.32 Å². The molecule has 1 saturated heterocycles. The van der Waals surface area contributed by atoms with E-state index in [0.29, 0.717) is 5.69 Å². The number of aromatic hydroxyl groups is 1. The summed E-state index contributed by atoms with van der Waals surface area (Å²) >= 11 is 5.93. The Labute approximate surface area is 106 Å². The predicted molar refractivity (Wildman–Crippen MR) is 67.6 cm³/mol. The largest absolute Gasteiger partial charge is 0.508 e. The second kappa shape index (κ2) is 4.78. The molecule has 1 amide bonds. The van der Waals surface area contributed by atoms with Gasteiger partial charge in [0, 0.05) is 0 Å². The molecule has 8 heteroatoms. The minimum absolute atomic E-state index is 0.143. The Hall–Kier alpha value is -1.51. The maximum atomic E-state index is 11.5. The van der Waals surface area contributed by atoms with Crippen LogP contribution < -0.4 is 5.84 Å². The molecule has 17 heavy (non-hydrogen) atoms. The van der Waals surface area contributed by atoms with Crippen molar-refractivity contribution in [2.45, 2.75) is 5.37 Å². The van der Waals surface area contributed by atoms with E-state index in [2.05, 4.69) is 10.2 Å². The molecule has 1 atom stereocenters. The highest BCUT2D eigenvalue weighted by molar-refractivity contribution is 8.24. The highest BCUT2D eigenvalue weighted by Gasteiger charge is 2.35. The molecule has 88 valence electrons. The molecule has 1 heterocycles. The Balaban J connectivity index is 2.09. The lowest BCUT2D eigenvalue weighted by Gasteiger charge is -2.03. The zero-order chi connectivity index (χ0) is 12.4. The SMILES string of the molecule is NN1C(=O)C(N=Nc2ccc(O)cc2)SC1=S. The van der Waals surface area contributed by atoms with Crippen molar-refractivity contribution in [3.05, 3.63) is 24.3 Å². The topological polar surface area (TPSA) is 91.3 Å². The summed E-state index contributed by atoms with van der Waals surface area (Å²) < 4.78 is 0.282. The Morgan fingerprint density at radius 2 is 2.06 bits per heavy atom. The molecule has 1 aromatic carbocycles. The number of benzene rings is 1. The maximum absolute atomic E-state index is 11.5. The van der Waals surface area contributed by atoms with Crippen molar-refractivity contribution < 1.29 is 9.90 Å². The zero-order valence-corrected chi connectivity index (χ0v) is 10.1. The molecule has 6 nitrogen and oxygen atoms in total. The van der Waals surface area contributed by atoms with Crippen LogP contribution in [-0.2, 0) is 4.79 Å². The van der Waals surface area contributed by atoms with Gasteiger partial charge in [-0.3, -0.25) is 4.79 Å². The van der Waals surface area contributed by atoms with Gasteiger partial charge in [-0.15, -0.1) is 0 Å². The summed E-state index contributed by atoms with van der Waals surface area (Å²) in [4.78, 5) is 11.5. The van der Waals surface area contributed by atoms with Gasteiger partial charge in [-0.1, -0.05) is 24.0 Å². The number of thioether (sulfide) groups is 1. The Morgan fingerprint density at radius 3 is 2.59 bits per heavy atom. The van der Waals surface area contributed by atoms with Gasteiger partial charge in [-0.05, 0) is 24.3 Å². The van der Waals surface area contributed by atoms with Crippen LogP contribution in [0.5, 0.6) is 5.75 Å². The molecule has 1 aliphatic rings. The van der Waals surface area contributed by atoms with Crippen molar-refractivity contribution in [3.8, 4) is 5.75 Å². The van der Waals surface area contributed by atoms with E-state index in [-0.39, 0.29) is 16.0 Å². The number of nitrogens with two attached hydrogens (primary N) is 1. The second-order valence-electron chi connectivity index (χ2n) is 3.18. The lowest BCUT2D eigenvalue weighted by atomic mass is 10.3. The number of nitrogens with zero attached hydrogens (tertiary/aromatic N) is 3. The molecule has 0 aromatic heterocycles. The van der Waals surface area contributed by atoms with Crippen LogP contribution in [0.15, 0.2) is 34.5 Å². The number of carbonyl (C=O) groups excluding carboxylic acids is 1. The minimum atomic E-state index is -0.721. The van der Waals surface area contributed by atoms with E-state index in [0.717, 1.165) is 16.8 Å². The fraction of sp³-hybridized carbons (Fsp3) is 0.111.